The zero-order valence-corrected chi connectivity index (χ0v) is 10.1. The number of ether oxygens (including phenoxy) is 1. The Morgan fingerprint density at radius 3 is 3.00 bits per heavy atom. The van der Waals surface area contributed by atoms with Gasteiger partial charge in [0.05, 0.1) is 6.04 Å². The second-order valence-corrected chi connectivity index (χ2v) is 4.32. The molecule has 19 heavy (non-hydrogen) atoms. The molecule has 0 spiro atoms. The van der Waals surface area contributed by atoms with Gasteiger partial charge in [0.25, 0.3) is 5.91 Å². The molecule has 1 aliphatic heterocycles. The quantitative estimate of drug-likeness (QED) is 0.849. The van der Waals surface area contributed by atoms with Gasteiger partial charge in [0, 0.05) is 23.4 Å². The summed E-state index contributed by atoms with van der Waals surface area (Å²) in [5, 5.41) is 2.86. The summed E-state index contributed by atoms with van der Waals surface area (Å²) in [5.41, 5.74) is 1.00. The van der Waals surface area contributed by atoms with E-state index in [9.17, 15) is 9.59 Å². The van der Waals surface area contributed by atoms with Crippen LogP contribution in [0.3, 0.4) is 0 Å². The van der Waals surface area contributed by atoms with E-state index >= 15 is 0 Å². The van der Waals surface area contributed by atoms with Crippen molar-refractivity contribution < 1.29 is 9.53 Å². The molecule has 0 radical (unpaired) electrons. The maximum atomic E-state index is 12.0. The van der Waals surface area contributed by atoms with Crippen LogP contribution in [0.1, 0.15) is 22.0 Å². The van der Waals surface area contributed by atoms with Crippen molar-refractivity contribution in [3.05, 3.63) is 64.1 Å². The smallest absolute Gasteiger partial charge is 0.252 e. The third kappa shape index (κ3) is 2.22. The average Bonchev–Trinajstić information content (AvgIpc) is 2.82. The number of hydrogen-bond donors (Lipinski definition) is 2. The van der Waals surface area contributed by atoms with E-state index < -0.39 is 0 Å². The highest BCUT2D eigenvalue weighted by Gasteiger charge is 2.25. The second-order valence-electron chi connectivity index (χ2n) is 4.32. The Bertz CT molecular complexity index is 678. The summed E-state index contributed by atoms with van der Waals surface area (Å²) in [6.45, 7) is 0.411. The van der Waals surface area contributed by atoms with Gasteiger partial charge in [-0.2, -0.15) is 0 Å². The number of carbonyl (C=O) groups excluding carboxylic acids is 1. The van der Waals surface area contributed by atoms with Crippen LogP contribution >= 0.6 is 0 Å². The number of carbonyl (C=O) groups is 1. The maximum absolute atomic E-state index is 12.0. The molecule has 1 unspecified atom stereocenters. The molecule has 0 saturated carbocycles. The predicted octanol–water partition coefficient (Wildman–Crippen LogP) is 1.24. The van der Waals surface area contributed by atoms with Crippen molar-refractivity contribution in [3.8, 4) is 5.75 Å². The van der Waals surface area contributed by atoms with Gasteiger partial charge in [-0.15, -0.1) is 0 Å². The van der Waals surface area contributed by atoms with Crippen molar-refractivity contribution >= 4 is 5.91 Å². The van der Waals surface area contributed by atoms with Crippen molar-refractivity contribution in [1.29, 1.82) is 0 Å². The SMILES string of the molecule is O=C(NC1COc2ccccc21)c1cc[nH]c(=O)c1. The van der Waals surface area contributed by atoms with Gasteiger partial charge >= 0.3 is 0 Å². The van der Waals surface area contributed by atoms with E-state index in [0.717, 1.165) is 11.3 Å². The number of amides is 1. The highest BCUT2D eigenvalue weighted by atomic mass is 16.5. The first kappa shape index (κ1) is 11.5. The molecule has 3 rings (SSSR count). The predicted molar refractivity (Wildman–Crippen MR) is 69.2 cm³/mol. The summed E-state index contributed by atoms with van der Waals surface area (Å²) < 4.78 is 5.49. The number of H-pyrrole nitrogens is 1. The van der Waals surface area contributed by atoms with E-state index in [0.29, 0.717) is 12.2 Å². The number of benzene rings is 1. The second kappa shape index (κ2) is 4.61. The molecule has 1 aliphatic rings. The molecule has 2 N–H and O–H groups in total. The lowest BCUT2D eigenvalue weighted by atomic mass is 10.1. The van der Waals surface area contributed by atoms with Crippen LogP contribution in [0.2, 0.25) is 0 Å². The summed E-state index contributed by atoms with van der Waals surface area (Å²) in [4.78, 5) is 25.7. The molecule has 0 fully saturated rings. The van der Waals surface area contributed by atoms with E-state index in [-0.39, 0.29) is 17.5 Å². The van der Waals surface area contributed by atoms with Crippen LogP contribution in [0.5, 0.6) is 5.75 Å². The van der Waals surface area contributed by atoms with Crippen LogP contribution in [-0.2, 0) is 0 Å². The van der Waals surface area contributed by atoms with E-state index in [1.165, 1.54) is 12.3 Å². The minimum absolute atomic E-state index is 0.178. The fourth-order valence-corrected chi connectivity index (χ4v) is 2.11. The molecule has 5 heteroatoms. The lowest BCUT2D eigenvalue weighted by Gasteiger charge is -2.11. The first-order valence-corrected chi connectivity index (χ1v) is 5.95. The third-order valence-corrected chi connectivity index (χ3v) is 3.04. The molecule has 0 bridgehead atoms. The third-order valence-electron chi connectivity index (χ3n) is 3.04. The topological polar surface area (TPSA) is 71.2 Å². The maximum Gasteiger partial charge on any atom is 0.252 e. The summed E-state index contributed by atoms with van der Waals surface area (Å²) in [6.07, 6.45) is 1.45. The number of aromatic amines is 1. The van der Waals surface area contributed by atoms with Gasteiger partial charge in [-0.1, -0.05) is 18.2 Å². The molecule has 5 nitrogen and oxygen atoms in total. The average molecular weight is 256 g/mol. The number of nitrogens with one attached hydrogen (secondary N) is 2. The number of aromatic nitrogens is 1. The molecular weight excluding hydrogens is 244 g/mol. The molecule has 1 amide bonds. The van der Waals surface area contributed by atoms with Crippen LogP contribution in [0, 0.1) is 0 Å². The summed E-state index contributed by atoms with van der Waals surface area (Å²) in [7, 11) is 0. The molecule has 0 saturated heterocycles. The van der Waals surface area contributed by atoms with Gasteiger partial charge in [-0.3, -0.25) is 9.59 Å². The summed E-state index contributed by atoms with van der Waals surface area (Å²) >= 11 is 0. The molecule has 96 valence electrons. The minimum atomic E-state index is -0.296. The van der Waals surface area contributed by atoms with Gasteiger partial charge < -0.3 is 15.0 Å². The lowest BCUT2D eigenvalue weighted by Crippen LogP contribution is -2.30. The molecule has 1 aromatic carbocycles. The van der Waals surface area contributed by atoms with Crippen LogP contribution in [0.15, 0.2) is 47.4 Å². The van der Waals surface area contributed by atoms with Crippen molar-refractivity contribution in [1.82, 2.24) is 10.3 Å². The van der Waals surface area contributed by atoms with Gasteiger partial charge in [-0.25, -0.2) is 0 Å². The van der Waals surface area contributed by atoms with Crippen molar-refractivity contribution in [2.45, 2.75) is 6.04 Å². The van der Waals surface area contributed by atoms with Gasteiger partial charge in [-0.05, 0) is 12.1 Å². The molecule has 2 heterocycles. The van der Waals surface area contributed by atoms with Gasteiger partial charge in [0.15, 0.2) is 0 Å². The van der Waals surface area contributed by atoms with E-state index in [2.05, 4.69) is 10.3 Å². The fraction of sp³-hybridized carbons (Fsp3) is 0.143. The van der Waals surface area contributed by atoms with Crippen molar-refractivity contribution in [2.75, 3.05) is 6.61 Å². The number of rotatable bonds is 2. The molecule has 1 atom stereocenters. The van der Waals surface area contributed by atoms with E-state index in [1.807, 2.05) is 24.3 Å². The largest absolute Gasteiger partial charge is 0.491 e. The zero-order valence-electron chi connectivity index (χ0n) is 10.1. The monoisotopic (exact) mass is 256 g/mol. The molecule has 2 aromatic rings. The van der Waals surface area contributed by atoms with Crippen molar-refractivity contribution in [3.63, 3.8) is 0 Å². The molecular formula is C14H12N2O3. The highest BCUT2D eigenvalue weighted by molar-refractivity contribution is 5.94. The zero-order chi connectivity index (χ0) is 13.2. The van der Waals surface area contributed by atoms with Crippen LogP contribution in [-0.4, -0.2) is 17.5 Å². The molecule has 1 aromatic heterocycles. The summed E-state index contributed by atoms with van der Waals surface area (Å²) in [5.74, 6) is 0.509. The van der Waals surface area contributed by atoms with Gasteiger partial charge in [0.1, 0.15) is 12.4 Å². The standard InChI is InChI=1S/C14H12N2O3/c17-13-7-9(5-6-15-13)14(18)16-11-8-19-12-4-2-1-3-10(11)12/h1-7,11H,8H2,(H,15,17)(H,16,18). The Morgan fingerprint density at radius 2 is 2.16 bits per heavy atom. The van der Waals surface area contributed by atoms with Crippen LogP contribution < -0.4 is 15.6 Å². The van der Waals surface area contributed by atoms with Crippen molar-refractivity contribution in [2.24, 2.45) is 0 Å². The number of pyridine rings is 1. The first-order valence-electron chi connectivity index (χ1n) is 5.95. The van der Waals surface area contributed by atoms with Crippen LogP contribution in [0.25, 0.3) is 0 Å². The Hall–Kier alpha value is -2.56. The Labute approximate surface area is 109 Å². The highest BCUT2D eigenvalue weighted by Crippen LogP contribution is 2.31. The Balaban J connectivity index is 1.80. The molecule has 0 aliphatic carbocycles. The number of hydrogen-bond acceptors (Lipinski definition) is 3. The van der Waals surface area contributed by atoms with Gasteiger partial charge in [0.2, 0.25) is 5.56 Å². The number of fused-ring (bicyclic) bond motifs is 1. The van der Waals surface area contributed by atoms with Crippen LogP contribution in [0.4, 0.5) is 0 Å². The van der Waals surface area contributed by atoms with E-state index in [1.54, 1.807) is 6.07 Å². The first-order chi connectivity index (χ1) is 9.24. The minimum Gasteiger partial charge on any atom is -0.491 e. The fourth-order valence-electron chi connectivity index (χ4n) is 2.11. The normalized spacial score (nSPS) is 16.5. The Morgan fingerprint density at radius 1 is 1.32 bits per heavy atom. The Kier molecular flexibility index (Phi) is 2.79. The lowest BCUT2D eigenvalue weighted by molar-refractivity contribution is 0.0930. The number of para-hydroxylation sites is 1. The summed E-state index contributed by atoms with van der Waals surface area (Å²) in [6, 6.07) is 10.2. The van der Waals surface area contributed by atoms with E-state index in [4.69, 9.17) is 4.74 Å².